The normalized spacial score (nSPS) is 16.6. The quantitative estimate of drug-likeness (QED) is 0.364. The number of hydrogen-bond donors (Lipinski definition) is 0. The molecule has 2 aromatic rings. The van der Waals surface area contributed by atoms with E-state index in [2.05, 4.69) is 0 Å². The van der Waals surface area contributed by atoms with Crippen molar-refractivity contribution < 1.29 is 19.2 Å². The number of carbonyl (C=O) groups excluding carboxylic acids is 2. The van der Waals surface area contributed by atoms with Crippen molar-refractivity contribution in [2.24, 2.45) is 5.92 Å². The monoisotopic (exact) mass is 354 g/mol. The average molecular weight is 354 g/mol. The van der Waals surface area contributed by atoms with Gasteiger partial charge in [0.15, 0.2) is 0 Å². The summed E-state index contributed by atoms with van der Waals surface area (Å²) in [6, 6.07) is 11.1. The van der Waals surface area contributed by atoms with Crippen LogP contribution in [0, 0.1) is 29.9 Å². The van der Waals surface area contributed by atoms with Crippen LogP contribution in [0.2, 0.25) is 0 Å². The van der Waals surface area contributed by atoms with Gasteiger partial charge in [0.05, 0.1) is 10.8 Å². The zero-order valence-corrected chi connectivity index (χ0v) is 14.5. The Morgan fingerprint density at radius 1 is 1.19 bits per heavy atom. The minimum absolute atomic E-state index is 0.0815. The first-order valence-electron chi connectivity index (χ1n) is 8.19. The van der Waals surface area contributed by atoms with Gasteiger partial charge in [-0.05, 0) is 43.2 Å². The number of non-ortho nitro benzene ring substituents is 1. The van der Waals surface area contributed by atoms with E-state index in [1.165, 1.54) is 24.3 Å². The summed E-state index contributed by atoms with van der Waals surface area (Å²) in [4.78, 5) is 36.5. The molecule has 1 amide bonds. The van der Waals surface area contributed by atoms with Gasteiger partial charge in [0, 0.05) is 30.8 Å². The maximum absolute atomic E-state index is 12.4. The number of esters is 1. The lowest BCUT2D eigenvalue weighted by Crippen LogP contribution is -2.27. The van der Waals surface area contributed by atoms with E-state index in [4.69, 9.17) is 4.74 Å². The summed E-state index contributed by atoms with van der Waals surface area (Å²) < 4.78 is 5.28. The highest BCUT2D eigenvalue weighted by Crippen LogP contribution is 2.30. The average Bonchev–Trinajstić information content (AvgIpc) is 2.99. The van der Waals surface area contributed by atoms with Crippen LogP contribution in [0.5, 0.6) is 5.75 Å². The molecule has 1 atom stereocenters. The van der Waals surface area contributed by atoms with E-state index in [0.717, 1.165) is 16.8 Å². The van der Waals surface area contributed by atoms with Gasteiger partial charge < -0.3 is 9.64 Å². The standard InChI is InChI=1S/C19H18N2O5/c1-12-3-4-13(2)17(9-12)20-11-14(10-18(20)22)19(23)26-16-7-5-15(6-8-16)21(24)25/h3-9,14H,10-11H2,1-2H3/t14-/m1/s1. The number of amides is 1. The molecule has 0 saturated carbocycles. The Labute approximate surface area is 150 Å². The molecule has 134 valence electrons. The molecule has 0 N–H and O–H groups in total. The van der Waals surface area contributed by atoms with Crippen molar-refractivity contribution in [1.82, 2.24) is 0 Å². The van der Waals surface area contributed by atoms with Gasteiger partial charge in [-0.25, -0.2) is 0 Å². The number of aryl methyl sites for hydroxylation is 2. The Morgan fingerprint density at radius 2 is 1.88 bits per heavy atom. The SMILES string of the molecule is Cc1ccc(C)c(N2C[C@H](C(=O)Oc3ccc([N+](=O)[O-])cc3)CC2=O)c1. The largest absolute Gasteiger partial charge is 0.426 e. The van der Waals surface area contributed by atoms with Gasteiger partial charge in [-0.15, -0.1) is 0 Å². The van der Waals surface area contributed by atoms with Gasteiger partial charge in [0.25, 0.3) is 5.69 Å². The summed E-state index contributed by atoms with van der Waals surface area (Å²) in [5.41, 5.74) is 2.73. The maximum atomic E-state index is 12.4. The topological polar surface area (TPSA) is 89.8 Å². The van der Waals surface area contributed by atoms with Crippen LogP contribution in [-0.2, 0) is 9.59 Å². The Bertz CT molecular complexity index is 876. The van der Waals surface area contributed by atoms with Crippen molar-refractivity contribution in [3.63, 3.8) is 0 Å². The number of rotatable bonds is 4. The molecule has 1 aliphatic rings. The molecule has 3 rings (SSSR count). The number of benzene rings is 2. The molecule has 2 aromatic carbocycles. The molecule has 26 heavy (non-hydrogen) atoms. The molecule has 1 aliphatic heterocycles. The molecule has 0 bridgehead atoms. The lowest BCUT2D eigenvalue weighted by Gasteiger charge is -2.19. The van der Waals surface area contributed by atoms with Crippen LogP contribution in [0.15, 0.2) is 42.5 Å². The third-order valence-electron chi connectivity index (χ3n) is 4.38. The number of nitrogens with zero attached hydrogens (tertiary/aromatic N) is 2. The first-order chi connectivity index (χ1) is 12.3. The maximum Gasteiger partial charge on any atom is 0.316 e. The molecule has 0 unspecified atom stereocenters. The third-order valence-corrected chi connectivity index (χ3v) is 4.38. The molecule has 7 nitrogen and oxygen atoms in total. The van der Waals surface area contributed by atoms with Crippen LogP contribution in [0.1, 0.15) is 17.5 Å². The van der Waals surface area contributed by atoms with Crippen molar-refractivity contribution in [3.8, 4) is 5.75 Å². The highest BCUT2D eigenvalue weighted by molar-refractivity contribution is 6.00. The fourth-order valence-electron chi connectivity index (χ4n) is 2.94. The van der Waals surface area contributed by atoms with Crippen LogP contribution < -0.4 is 9.64 Å². The number of ether oxygens (including phenoxy) is 1. The van der Waals surface area contributed by atoms with Crippen molar-refractivity contribution >= 4 is 23.3 Å². The van der Waals surface area contributed by atoms with E-state index >= 15 is 0 Å². The van der Waals surface area contributed by atoms with Gasteiger partial charge >= 0.3 is 5.97 Å². The Kier molecular flexibility index (Phi) is 4.71. The van der Waals surface area contributed by atoms with Crippen LogP contribution in [0.3, 0.4) is 0 Å². The van der Waals surface area contributed by atoms with Gasteiger partial charge in [0.1, 0.15) is 5.75 Å². The zero-order chi connectivity index (χ0) is 18.8. The lowest BCUT2D eigenvalue weighted by molar-refractivity contribution is -0.384. The summed E-state index contributed by atoms with van der Waals surface area (Å²) in [6.07, 6.45) is 0.0825. The van der Waals surface area contributed by atoms with Gasteiger partial charge in [-0.2, -0.15) is 0 Å². The minimum atomic E-state index is -0.572. The molecule has 1 heterocycles. The van der Waals surface area contributed by atoms with Gasteiger partial charge in [0.2, 0.25) is 5.91 Å². The van der Waals surface area contributed by atoms with Crippen molar-refractivity contribution in [2.75, 3.05) is 11.4 Å². The molecule has 7 heteroatoms. The molecular weight excluding hydrogens is 336 g/mol. The molecule has 1 fully saturated rings. The van der Waals surface area contributed by atoms with Crippen molar-refractivity contribution in [3.05, 3.63) is 63.7 Å². The van der Waals surface area contributed by atoms with Gasteiger partial charge in [-0.1, -0.05) is 12.1 Å². The van der Waals surface area contributed by atoms with E-state index in [1.54, 1.807) is 4.90 Å². The van der Waals surface area contributed by atoms with E-state index in [0.29, 0.717) is 0 Å². The fraction of sp³-hybridized carbons (Fsp3) is 0.263. The zero-order valence-electron chi connectivity index (χ0n) is 14.5. The van der Waals surface area contributed by atoms with E-state index in [1.807, 2.05) is 32.0 Å². The second-order valence-electron chi connectivity index (χ2n) is 6.37. The first-order valence-corrected chi connectivity index (χ1v) is 8.19. The first kappa shape index (κ1) is 17.6. The third kappa shape index (κ3) is 3.56. The van der Waals surface area contributed by atoms with Crippen molar-refractivity contribution in [1.29, 1.82) is 0 Å². The molecule has 0 aliphatic carbocycles. The van der Waals surface area contributed by atoms with Gasteiger partial charge in [-0.3, -0.25) is 19.7 Å². The summed E-state index contributed by atoms with van der Waals surface area (Å²) in [7, 11) is 0. The Balaban J connectivity index is 1.70. The predicted molar refractivity (Wildman–Crippen MR) is 95.1 cm³/mol. The second-order valence-corrected chi connectivity index (χ2v) is 6.37. The minimum Gasteiger partial charge on any atom is -0.426 e. The molecule has 0 radical (unpaired) electrons. The second kappa shape index (κ2) is 6.95. The lowest BCUT2D eigenvalue weighted by atomic mass is 10.1. The summed E-state index contributed by atoms with van der Waals surface area (Å²) >= 11 is 0. The highest BCUT2D eigenvalue weighted by atomic mass is 16.6. The summed E-state index contributed by atoms with van der Waals surface area (Å²) in [6.45, 7) is 4.13. The number of nitro groups is 1. The smallest absolute Gasteiger partial charge is 0.316 e. The molecule has 1 saturated heterocycles. The number of anilines is 1. The predicted octanol–water partition coefficient (Wildman–Crippen LogP) is 3.17. The number of carbonyl (C=O) groups is 2. The van der Waals surface area contributed by atoms with E-state index in [-0.39, 0.29) is 30.3 Å². The number of nitro benzene ring substituents is 1. The number of hydrogen-bond acceptors (Lipinski definition) is 5. The molecule has 0 aromatic heterocycles. The molecular formula is C19H18N2O5. The van der Waals surface area contributed by atoms with E-state index in [9.17, 15) is 19.7 Å². The van der Waals surface area contributed by atoms with E-state index < -0.39 is 16.8 Å². The van der Waals surface area contributed by atoms with Crippen LogP contribution in [0.25, 0.3) is 0 Å². The summed E-state index contributed by atoms with van der Waals surface area (Å²) in [5.74, 6) is -0.986. The molecule has 0 spiro atoms. The Hall–Kier alpha value is -3.22. The fourth-order valence-corrected chi connectivity index (χ4v) is 2.94. The van der Waals surface area contributed by atoms with Crippen LogP contribution >= 0.6 is 0 Å². The summed E-state index contributed by atoms with van der Waals surface area (Å²) in [5, 5.41) is 10.7. The van der Waals surface area contributed by atoms with Crippen LogP contribution in [0.4, 0.5) is 11.4 Å². The van der Waals surface area contributed by atoms with Crippen LogP contribution in [-0.4, -0.2) is 23.3 Å². The van der Waals surface area contributed by atoms with Crippen molar-refractivity contribution in [2.45, 2.75) is 20.3 Å². The Morgan fingerprint density at radius 3 is 2.54 bits per heavy atom. The highest BCUT2D eigenvalue weighted by Gasteiger charge is 2.37.